The lowest BCUT2D eigenvalue weighted by Crippen LogP contribution is -2.41. The minimum Gasteiger partial charge on any atom is -0.478 e. The topological polar surface area (TPSA) is 83.1 Å². The highest BCUT2D eigenvalue weighted by Gasteiger charge is 2.39. The molecule has 3 fully saturated rings. The summed E-state index contributed by atoms with van der Waals surface area (Å²) < 4.78 is 6.00. The highest BCUT2D eigenvalue weighted by molar-refractivity contribution is 8.18. The van der Waals surface area contributed by atoms with Gasteiger partial charge in [0.2, 0.25) is 0 Å². The third-order valence-corrected chi connectivity index (χ3v) is 7.96. The Morgan fingerprint density at radius 3 is 2.32 bits per heavy atom. The molecule has 2 heterocycles. The second kappa shape index (κ2) is 10.2. The average Bonchev–Trinajstić information content (AvgIpc) is 3.45. The van der Waals surface area contributed by atoms with Crippen LogP contribution < -0.4 is 0 Å². The molecule has 1 saturated heterocycles. The minimum absolute atomic E-state index is 0.0372. The number of carbonyl (C=O) groups excluding carboxylic acids is 1. The summed E-state index contributed by atoms with van der Waals surface area (Å²) in [6, 6.07) is 10.8. The molecular weight excluding hydrogens is 448 g/mol. The van der Waals surface area contributed by atoms with Crippen molar-refractivity contribution in [2.45, 2.75) is 76.3 Å². The number of benzene rings is 1. The zero-order valence-electron chi connectivity index (χ0n) is 19.2. The molecule has 2 aromatic rings. The van der Waals surface area contributed by atoms with Crippen molar-refractivity contribution >= 4 is 34.9 Å². The lowest BCUT2D eigenvalue weighted by atomic mass is 9.94. The van der Waals surface area contributed by atoms with E-state index >= 15 is 0 Å². The molecule has 1 aromatic carbocycles. The van der Waals surface area contributed by atoms with Crippen molar-refractivity contribution in [1.29, 1.82) is 0 Å². The van der Waals surface area contributed by atoms with Gasteiger partial charge in [0.25, 0.3) is 5.91 Å². The highest BCUT2D eigenvalue weighted by atomic mass is 32.2. The monoisotopic (exact) mass is 478 g/mol. The van der Waals surface area contributed by atoms with Gasteiger partial charge in [-0.25, -0.2) is 4.79 Å². The van der Waals surface area contributed by atoms with Gasteiger partial charge >= 0.3 is 5.97 Å². The fourth-order valence-corrected chi connectivity index (χ4v) is 6.19. The molecule has 0 radical (unpaired) electrons. The number of amides is 1. The van der Waals surface area contributed by atoms with Crippen LogP contribution in [-0.4, -0.2) is 39.1 Å². The molecule has 7 heteroatoms. The number of carbonyl (C=O) groups is 2. The predicted octanol–water partition coefficient (Wildman–Crippen LogP) is 6.58. The van der Waals surface area contributed by atoms with Crippen molar-refractivity contribution in [3.8, 4) is 11.3 Å². The molecule has 1 amide bonds. The Morgan fingerprint density at radius 2 is 1.65 bits per heavy atom. The molecule has 0 bridgehead atoms. The van der Waals surface area contributed by atoms with Crippen LogP contribution in [0.25, 0.3) is 17.4 Å². The summed E-state index contributed by atoms with van der Waals surface area (Å²) in [5, 5.41) is 9.96. The maximum Gasteiger partial charge on any atom is 0.335 e. The Balaban J connectivity index is 1.39. The first-order valence-electron chi connectivity index (χ1n) is 12.3. The lowest BCUT2D eigenvalue weighted by Gasteiger charge is -2.31. The molecule has 1 aliphatic heterocycles. The first-order chi connectivity index (χ1) is 16.6. The van der Waals surface area contributed by atoms with Gasteiger partial charge in [-0.15, -0.1) is 0 Å². The van der Waals surface area contributed by atoms with Crippen LogP contribution in [0.3, 0.4) is 0 Å². The van der Waals surface area contributed by atoms with E-state index in [1.54, 1.807) is 24.3 Å². The second-order valence-corrected chi connectivity index (χ2v) is 10.4. The van der Waals surface area contributed by atoms with E-state index in [1.165, 1.54) is 37.4 Å². The zero-order valence-corrected chi connectivity index (χ0v) is 20.1. The summed E-state index contributed by atoms with van der Waals surface area (Å²) >= 11 is 1.48. The van der Waals surface area contributed by atoms with Gasteiger partial charge in [-0.2, -0.15) is 0 Å². The predicted molar refractivity (Wildman–Crippen MR) is 135 cm³/mol. The minimum atomic E-state index is -0.957. The number of furan rings is 1. The number of carboxylic acids is 1. The van der Waals surface area contributed by atoms with Crippen LogP contribution in [0.2, 0.25) is 0 Å². The van der Waals surface area contributed by atoms with E-state index in [1.807, 2.05) is 23.1 Å². The van der Waals surface area contributed by atoms with E-state index in [0.29, 0.717) is 22.5 Å². The number of rotatable bonds is 5. The molecular formula is C27H30N2O4S. The van der Waals surface area contributed by atoms with E-state index < -0.39 is 5.97 Å². The molecule has 0 unspecified atom stereocenters. The molecule has 5 rings (SSSR count). The smallest absolute Gasteiger partial charge is 0.335 e. The van der Waals surface area contributed by atoms with E-state index in [4.69, 9.17) is 14.5 Å². The standard InChI is InChI=1S/C27H30N2O4S/c30-25-24(17-22-15-16-23(33-22)18-11-13-19(14-12-18)26(31)32)34-27(28-20-7-3-1-4-8-20)29(25)21-9-5-2-6-10-21/h11-17,20-21H,1-10H2,(H,31,32). The van der Waals surface area contributed by atoms with Crippen LogP contribution in [-0.2, 0) is 4.79 Å². The van der Waals surface area contributed by atoms with E-state index in [2.05, 4.69) is 0 Å². The first-order valence-corrected chi connectivity index (χ1v) is 13.1. The first kappa shape index (κ1) is 23.0. The number of hydrogen-bond acceptors (Lipinski definition) is 5. The van der Waals surface area contributed by atoms with E-state index in [9.17, 15) is 9.59 Å². The summed E-state index contributed by atoms with van der Waals surface area (Å²) in [4.78, 5) is 32.3. The van der Waals surface area contributed by atoms with E-state index in [-0.39, 0.29) is 17.5 Å². The van der Waals surface area contributed by atoms with Crippen molar-refractivity contribution < 1.29 is 19.1 Å². The van der Waals surface area contributed by atoms with Gasteiger partial charge in [0, 0.05) is 17.7 Å². The van der Waals surface area contributed by atoms with Gasteiger partial charge in [0.15, 0.2) is 5.17 Å². The molecule has 2 saturated carbocycles. The molecule has 1 aromatic heterocycles. The summed E-state index contributed by atoms with van der Waals surface area (Å²) in [5.41, 5.74) is 1.03. The fourth-order valence-electron chi connectivity index (χ4n) is 5.10. The molecule has 1 N–H and O–H groups in total. The van der Waals surface area contributed by atoms with Gasteiger partial charge in [-0.3, -0.25) is 14.7 Å². The average molecular weight is 479 g/mol. The van der Waals surface area contributed by atoms with Crippen molar-refractivity contribution in [3.05, 3.63) is 52.6 Å². The summed E-state index contributed by atoms with van der Waals surface area (Å²) in [6.45, 7) is 0. The fraction of sp³-hybridized carbons (Fsp3) is 0.444. The molecule has 34 heavy (non-hydrogen) atoms. The quantitative estimate of drug-likeness (QED) is 0.491. The number of hydrogen-bond donors (Lipinski definition) is 1. The van der Waals surface area contributed by atoms with Crippen LogP contribution in [0.1, 0.15) is 80.3 Å². The number of aromatic carboxylic acids is 1. The van der Waals surface area contributed by atoms with Crippen molar-refractivity contribution in [3.63, 3.8) is 0 Å². The second-order valence-electron chi connectivity index (χ2n) is 9.37. The molecule has 178 valence electrons. The normalized spacial score (nSPS) is 22.7. The summed E-state index contributed by atoms with van der Waals surface area (Å²) in [7, 11) is 0. The number of aliphatic imine (C=N–C) groups is 1. The van der Waals surface area contributed by atoms with Crippen LogP contribution in [0.5, 0.6) is 0 Å². The van der Waals surface area contributed by atoms with Gasteiger partial charge in [-0.05, 0) is 61.7 Å². The molecule has 0 atom stereocenters. The van der Waals surface area contributed by atoms with Gasteiger partial charge in [0.1, 0.15) is 11.5 Å². The number of thioether (sulfide) groups is 1. The van der Waals surface area contributed by atoms with Gasteiger partial charge < -0.3 is 9.52 Å². The maximum atomic E-state index is 13.5. The molecule has 2 aliphatic carbocycles. The Morgan fingerprint density at radius 1 is 0.971 bits per heavy atom. The molecule has 0 spiro atoms. The Bertz CT molecular complexity index is 1110. The van der Waals surface area contributed by atoms with Gasteiger partial charge in [0.05, 0.1) is 16.5 Å². The van der Waals surface area contributed by atoms with Crippen LogP contribution in [0.15, 0.2) is 50.7 Å². The van der Waals surface area contributed by atoms with Crippen LogP contribution in [0.4, 0.5) is 0 Å². The van der Waals surface area contributed by atoms with Crippen molar-refractivity contribution in [1.82, 2.24) is 4.90 Å². The largest absolute Gasteiger partial charge is 0.478 e. The van der Waals surface area contributed by atoms with Gasteiger partial charge in [-0.1, -0.05) is 50.7 Å². The number of nitrogens with zero attached hydrogens (tertiary/aromatic N) is 2. The SMILES string of the molecule is O=C(O)c1ccc(-c2ccc(C=C3SC(=NC4CCCCC4)N(C4CCCCC4)C3=O)o2)cc1. The third-order valence-electron chi connectivity index (χ3n) is 6.96. The van der Waals surface area contributed by atoms with Crippen LogP contribution >= 0.6 is 11.8 Å². The van der Waals surface area contributed by atoms with E-state index in [0.717, 1.165) is 49.3 Å². The Kier molecular flexibility index (Phi) is 6.90. The molecule has 6 nitrogen and oxygen atoms in total. The Labute approximate surface area is 204 Å². The summed E-state index contributed by atoms with van der Waals surface area (Å²) in [6.07, 6.45) is 13.4. The number of carboxylic acid groups (broad SMARTS) is 1. The third kappa shape index (κ3) is 4.99. The van der Waals surface area contributed by atoms with Crippen molar-refractivity contribution in [2.75, 3.05) is 0 Å². The highest BCUT2D eigenvalue weighted by Crippen LogP contribution is 2.39. The lowest BCUT2D eigenvalue weighted by molar-refractivity contribution is -0.124. The number of amidine groups is 1. The Hall–Kier alpha value is -2.80. The maximum absolute atomic E-state index is 13.5. The van der Waals surface area contributed by atoms with Crippen LogP contribution in [0, 0.1) is 0 Å². The summed E-state index contributed by atoms with van der Waals surface area (Å²) in [5.74, 6) is 0.326. The molecule has 3 aliphatic rings. The zero-order chi connectivity index (χ0) is 23.5. The van der Waals surface area contributed by atoms with Crippen molar-refractivity contribution in [2.24, 2.45) is 4.99 Å².